The summed E-state index contributed by atoms with van der Waals surface area (Å²) in [6.07, 6.45) is 0. The molecule has 1 N–H and O–H groups in total. The number of Topliss-reactive ketones (excluding diaryl/α,β-unsaturated/α-hetero) is 2. The van der Waals surface area contributed by atoms with E-state index < -0.39 is 0 Å². The summed E-state index contributed by atoms with van der Waals surface area (Å²) in [7, 11) is 0. The molecule has 1 aliphatic heterocycles. The van der Waals surface area contributed by atoms with Crippen molar-refractivity contribution in [2.75, 3.05) is 11.4 Å². The van der Waals surface area contributed by atoms with Gasteiger partial charge in [0.2, 0.25) is 5.78 Å². The summed E-state index contributed by atoms with van der Waals surface area (Å²) in [5.74, 6) is -0.498. The molecule has 4 heteroatoms. The number of hydrogen-bond donors (Lipinski definition) is 1. The SMILES string of the molecule is CC(=O)CN1C(=N)C(=O)c2ccccc21. The second-order valence-electron chi connectivity index (χ2n) is 3.48. The van der Waals surface area contributed by atoms with Gasteiger partial charge in [-0.3, -0.25) is 15.0 Å². The van der Waals surface area contributed by atoms with E-state index in [4.69, 9.17) is 5.41 Å². The highest BCUT2D eigenvalue weighted by molar-refractivity contribution is 6.53. The van der Waals surface area contributed by atoms with E-state index in [1.165, 1.54) is 11.8 Å². The van der Waals surface area contributed by atoms with Gasteiger partial charge in [0, 0.05) is 5.56 Å². The zero-order valence-corrected chi connectivity index (χ0v) is 8.28. The second-order valence-corrected chi connectivity index (χ2v) is 3.48. The van der Waals surface area contributed by atoms with E-state index in [2.05, 4.69) is 0 Å². The lowest BCUT2D eigenvalue weighted by Gasteiger charge is -2.15. The van der Waals surface area contributed by atoms with Crippen LogP contribution in [0, 0.1) is 5.41 Å². The van der Waals surface area contributed by atoms with Gasteiger partial charge in [-0.1, -0.05) is 12.1 Å². The van der Waals surface area contributed by atoms with Crippen molar-refractivity contribution in [2.45, 2.75) is 6.92 Å². The van der Waals surface area contributed by atoms with Gasteiger partial charge in [-0.05, 0) is 19.1 Å². The monoisotopic (exact) mass is 202 g/mol. The molecule has 0 unspecified atom stereocenters. The third kappa shape index (κ3) is 1.44. The molecule has 1 aromatic rings. The first kappa shape index (κ1) is 9.58. The standard InChI is InChI=1S/C11H10N2O2/c1-7(14)6-13-9-5-3-2-4-8(9)10(15)11(13)12/h2-5,12H,6H2,1H3. The number of carbonyl (C=O) groups is 2. The van der Waals surface area contributed by atoms with Gasteiger partial charge in [0.15, 0.2) is 5.84 Å². The van der Waals surface area contributed by atoms with E-state index in [0.29, 0.717) is 11.3 Å². The molecule has 1 heterocycles. The van der Waals surface area contributed by atoms with E-state index in [-0.39, 0.29) is 23.9 Å². The van der Waals surface area contributed by atoms with E-state index in [1.54, 1.807) is 24.3 Å². The van der Waals surface area contributed by atoms with Gasteiger partial charge in [-0.15, -0.1) is 0 Å². The van der Waals surface area contributed by atoms with Crippen molar-refractivity contribution in [1.29, 1.82) is 5.41 Å². The van der Waals surface area contributed by atoms with E-state index in [9.17, 15) is 9.59 Å². The number of anilines is 1. The van der Waals surface area contributed by atoms with Crippen molar-refractivity contribution in [3.8, 4) is 0 Å². The smallest absolute Gasteiger partial charge is 0.229 e. The predicted octanol–water partition coefficient (Wildman–Crippen LogP) is 1.26. The minimum absolute atomic E-state index is 0.0655. The summed E-state index contributed by atoms with van der Waals surface area (Å²) >= 11 is 0. The maximum absolute atomic E-state index is 11.6. The maximum atomic E-state index is 11.6. The van der Waals surface area contributed by atoms with Gasteiger partial charge in [-0.25, -0.2) is 0 Å². The van der Waals surface area contributed by atoms with E-state index in [1.807, 2.05) is 0 Å². The molecule has 1 aromatic carbocycles. The molecule has 0 saturated carbocycles. The van der Waals surface area contributed by atoms with Crippen LogP contribution in [0.25, 0.3) is 0 Å². The Morgan fingerprint density at radius 1 is 1.40 bits per heavy atom. The van der Waals surface area contributed by atoms with Crippen molar-refractivity contribution in [2.24, 2.45) is 0 Å². The first-order chi connectivity index (χ1) is 7.11. The normalized spacial score (nSPS) is 14.3. The second kappa shape index (κ2) is 3.31. The molecular weight excluding hydrogens is 192 g/mol. The average molecular weight is 202 g/mol. The van der Waals surface area contributed by atoms with Gasteiger partial charge in [0.25, 0.3) is 0 Å². The van der Waals surface area contributed by atoms with Crippen LogP contribution in [-0.4, -0.2) is 23.9 Å². The minimum Gasteiger partial charge on any atom is -0.315 e. The Kier molecular flexibility index (Phi) is 2.11. The number of ketones is 2. The van der Waals surface area contributed by atoms with Crippen molar-refractivity contribution < 1.29 is 9.59 Å². The Hall–Kier alpha value is -1.97. The molecule has 0 amide bonds. The summed E-state index contributed by atoms with van der Waals surface area (Å²) in [5.41, 5.74) is 1.16. The fourth-order valence-electron chi connectivity index (χ4n) is 1.66. The molecule has 4 nitrogen and oxygen atoms in total. The largest absolute Gasteiger partial charge is 0.315 e. The molecule has 1 aliphatic rings. The summed E-state index contributed by atoms with van der Waals surface area (Å²) in [6.45, 7) is 1.53. The number of hydrogen-bond acceptors (Lipinski definition) is 3. The molecule has 0 saturated heterocycles. The molecule has 2 rings (SSSR count). The van der Waals surface area contributed by atoms with Crippen LogP contribution in [0.2, 0.25) is 0 Å². The van der Waals surface area contributed by atoms with Crippen LogP contribution in [0.1, 0.15) is 17.3 Å². The highest BCUT2D eigenvalue weighted by atomic mass is 16.1. The number of amidine groups is 1. The van der Waals surface area contributed by atoms with Crippen molar-refractivity contribution >= 4 is 23.1 Å². The Morgan fingerprint density at radius 2 is 2.07 bits per heavy atom. The topological polar surface area (TPSA) is 61.2 Å². The summed E-state index contributed by atoms with van der Waals surface area (Å²) in [5, 5.41) is 7.62. The molecular formula is C11H10N2O2. The summed E-state index contributed by atoms with van der Waals surface area (Å²) in [6, 6.07) is 6.96. The molecule has 0 fully saturated rings. The molecule has 0 atom stereocenters. The fraction of sp³-hybridized carbons (Fsp3) is 0.182. The number of rotatable bonds is 2. The van der Waals surface area contributed by atoms with Crippen molar-refractivity contribution in [1.82, 2.24) is 0 Å². The molecule has 76 valence electrons. The lowest BCUT2D eigenvalue weighted by Crippen LogP contribution is -2.33. The van der Waals surface area contributed by atoms with Crippen LogP contribution in [0.15, 0.2) is 24.3 Å². The number of nitrogens with one attached hydrogen (secondary N) is 1. The van der Waals surface area contributed by atoms with Gasteiger partial charge in [0.05, 0.1) is 12.2 Å². The zero-order chi connectivity index (χ0) is 11.0. The number of carbonyl (C=O) groups excluding carboxylic acids is 2. The van der Waals surface area contributed by atoms with E-state index in [0.717, 1.165) is 0 Å². The third-order valence-corrected chi connectivity index (χ3v) is 2.31. The highest BCUT2D eigenvalue weighted by Crippen LogP contribution is 2.28. The van der Waals surface area contributed by atoms with Crippen LogP contribution in [0.5, 0.6) is 0 Å². The fourth-order valence-corrected chi connectivity index (χ4v) is 1.66. The molecule has 0 radical (unpaired) electrons. The molecule has 0 aromatic heterocycles. The molecule has 0 bridgehead atoms. The molecule has 0 spiro atoms. The van der Waals surface area contributed by atoms with Crippen LogP contribution < -0.4 is 4.90 Å². The first-order valence-corrected chi connectivity index (χ1v) is 4.60. The highest BCUT2D eigenvalue weighted by Gasteiger charge is 2.32. The number of para-hydroxylation sites is 1. The Balaban J connectivity index is 2.47. The van der Waals surface area contributed by atoms with E-state index >= 15 is 0 Å². The van der Waals surface area contributed by atoms with Crippen LogP contribution >= 0.6 is 0 Å². The zero-order valence-electron chi connectivity index (χ0n) is 8.28. The van der Waals surface area contributed by atoms with Crippen LogP contribution in [-0.2, 0) is 4.79 Å². The maximum Gasteiger partial charge on any atom is 0.229 e. The average Bonchev–Trinajstić information content (AvgIpc) is 2.44. The number of benzene rings is 1. The number of fused-ring (bicyclic) bond motifs is 1. The Morgan fingerprint density at radius 3 is 2.73 bits per heavy atom. The number of nitrogens with zero attached hydrogens (tertiary/aromatic N) is 1. The third-order valence-electron chi connectivity index (χ3n) is 2.31. The molecule has 0 aliphatic carbocycles. The summed E-state index contributed by atoms with van der Waals surface area (Å²) < 4.78 is 0. The Bertz CT molecular complexity index is 465. The first-order valence-electron chi connectivity index (χ1n) is 4.60. The van der Waals surface area contributed by atoms with Gasteiger partial charge >= 0.3 is 0 Å². The van der Waals surface area contributed by atoms with Crippen LogP contribution in [0.4, 0.5) is 5.69 Å². The summed E-state index contributed by atoms with van der Waals surface area (Å²) in [4.78, 5) is 24.1. The van der Waals surface area contributed by atoms with Gasteiger partial charge < -0.3 is 4.90 Å². The lowest BCUT2D eigenvalue weighted by molar-refractivity contribution is -0.115. The minimum atomic E-state index is -0.313. The predicted molar refractivity (Wildman–Crippen MR) is 56.5 cm³/mol. The van der Waals surface area contributed by atoms with Gasteiger partial charge in [-0.2, -0.15) is 0 Å². The van der Waals surface area contributed by atoms with Gasteiger partial charge in [0.1, 0.15) is 5.78 Å². The quantitative estimate of drug-likeness (QED) is 0.785. The molecule has 15 heavy (non-hydrogen) atoms. The lowest BCUT2D eigenvalue weighted by atomic mass is 10.1. The van der Waals surface area contributed by atoms with Crippen molar-refractivity contribution in [3.63, 3.8) is 0 Å². The van der Waals surface area contributed by atoms with Crippen LogP contribution in [0.3, 0.4) is 0 Å². The Labute approximate surface area is 87.0 Å². The van der Waals surface area contributed by atoms with Crippen molar-refractivity contribution in [3.05, 3.63) is 29.8 Å².